The first-order valence-electron chi connectivity index (χ1n) is 7.07. The van der Waals surface area contributed by atoms with Crippen LogP contribution in [0.2, 0.25) is 0 Å². The lowest BCUT2D eigenvalue weighted by Crippen LogP contribution is -2.41. The zero-order chi connectivity index (χ0) is 14.1. The van der Waals surface area contributed by atoms with E-state index in [2.05, 4.69) is 46.6 Å². The van der Waals surface area contributed by atoms with Gasteiger partial charge in [0.2, 0.25) is 0 Å². The Morgan fingerprint density at radius 2 is 2.16 bits per heavy atom. The molecule has 1 aromatic rings. The van der Waals surface area contributed by atoms with Crippen LogP contribution in [0.25, 0.3) is 0 Å². The first-order chi connectivity index (χ1) is 9.11. The molecular weight excluding hydrogens is 238 g/mol. The SMILES string of the molecule is CN=C(NCc1ccn[nH]1)NC(C)CCCC(C)C. The summed E-state index contributed by atoms with van der Waals surface area (Å²) >= 11 is 0. The van der Waals surface area contributed by atoms with Gasteiger partial charge in [-0.2, -0.15) is 5.10 Å². The smallest absolute Gasteiger partial charge is 0.191 e. The van der Waals surface area contributed by atoms with E-state index in [0.29, 0.717) is 12.6 Å². The number of aromatic nitrogens is 2. The lowest BCUT2D eigenvalue weighted by molar-refractivity contribution is 0.491. The number of hydrogen-bond acceptors (Lipinski definition) is 2. The lowest BCUT2D eigenvalue weighted by atomic mass is 10.0. The number of nitrogens with zero attached hydrogens (tertiary/aromatic N) is 2. The van der Waals surface area contributed by atoms with Crippen LogP contribution in [0.5, 0.6) is 0 Å². The standard InChI is InChI=1S/C14H27N5/c1-11(2)6-5-7-12(3)18-14(15-4)16-10-13-8-9-17-19-13/h8-9,11-12H,5-7,10H2,1-4H3,(H,17,19)(H2,15,16,18). The molecule has 1 atom stereocenters. The Bertz CT molecular complexity index is 356. The minimum absolute atomic E-state index is 0.437. The summed E-state index contributed by atoms with van der Waals surface area (Å²) < 4.78 is 0. The van der Waals surface area contributed by atoms with Crippen molar-refractivity contribution >= 4 is 5.96 Å². The Labute approximate surface area is 116 Å². The first-order valence-corrected chi connectivity index (χ1v) is 7.07. The largest absolute Gasteiger partial charge is 0.354 e. The van der Waals surface area contributed by atoms with E-state index in [1.54, 1.807) is 13.2 Å². The van der Waals surface area contributed by atoms with E-state index >= 15 is 0 Å². The van der Waals surface area contributed by atoms with Crippen LogP contribution in [0.4, 0.5) is 0 Å². The fraction of sp³-hybridized carbons (Fsp3) is 0.714. The highest BCUT2D eigenvalue weighted by Crippen LogP contribution is 2.08. The van der Waals surface area contributed by atoms with Crippen LogP contribution in [-0.4, -0.2) is 29.2 Å². The van der Waals surface area contributed by atoms with Gasteiger partial charge in [-0.25, -0.2) is 0 Å². The molecule has 5 nitrogen and oxygen atoms in total. The Morgan fingerprint density at radius 1 is 1.37 bits per heavy atom. The molecule has 0 fully saturated rings. The Hall–Kier alpha value is -1.52. The van der Waals surface area contributed by atoms with Gasteiger partial charge in [-0.15, -0.1) is 0 Å². The van der Waals surface area contributed by atoms with Gasteiger partial charge in [-0.05, 0) is 25.3 Å². The molecule has 0 aromatic carbocycles. The molecule has 0 aliphatic carbocycles. The Balaban J connectivity index is 2.24. The number of guanidine groups is 1. The molecular formula is C14H27N5. The minimum atomic E-state index is 0.437. The maximum Gasteiger partial charge on any atom is 0.191 e. The zero-order valence-electron chi connectivity index (χ0n) is 12.5. The number of aromatic amines is 1. The van der Waals surface area contributed by atoms with Crippen LogP contribution >= 0.6 is 0 Å². The summed E-state index contributed by atoms with van der Waals surface area (Å²) in [5.74, 6) is 1.62. The normalized spacial score (nSPS) is 13.6. The van der Waals surface area contributed by atoms with Gasteiger partial charge in [0.1, 0.15) is 0 Å². The maximum absolute atomic E-state index is 4.23. The van der Waals surface area contributed by atoms with Gasteiger partial charge in [0.15, 0.2) is 5.96 Å². The molecule has 0 amide bonds. The molecule has 19 heavy (non-hydrogen) atoms. The molecule has 5 heteroatoms. The van der Waals surface area contributed by atoms with E-state index in [9.17, 15) is 0 Å². The molecule has 0 saturated heterocycles. The highest BCUT2D eigenvalue weighted by Gasteiger charge is 2.05. The van der Waals surface area contributed by atoms with Crippen molar-refractivity contribution in [2.45, 2.75) is 52.6 Å². The van der Waals surface area contributed by atoms with Crippen molar-refractivity contribution in [3.05, 3.63) is 18.0 Å². The van der Waals surface area contributed by atoms with E-state index in [0.717, 1.165) is 17.6 Å². The molecule has 0 radical (unpaired) electrons. The van der Waals surface area contributed by atoms with Gasteiger partial charge in [-0.1, -0.05) is 26.7 Å². The van der Waals surface area contributed by atoms with E-state index in [1.165, 1.54) is 19.3 Å². The van der Waals surface area contributed by atoms with Gasteiger partial charge in [-0.3, -0.25) is 10.1 Å². The predicted octanol–water partition coefficient (Wildman–Crippen LogP) is 2.29. The van der Waals surface area contributed by atoms with Crippen molar-refractivity contribution in [1.82, 2.24) is 20.8 Å². The fourth-order valence-corrected chi connectivity index (χ4v) is 1.89. The van der Waals surface area contributed by atoms with Gasteiger partial charge in [0, 0.05) is 19.3 Å². The summed E-state index contributed by atoms with van der Waals surface area (Å²) in [6.45, 7) is 7.44. The van der Waals surface area contributed by atoms with E-state index in [-0.39, 0.29) is 0 Å². The number of H-pyrrole nitrogens is 1. The maximum atomic E-state index is 4.23. The van der Waals surface area contributed by atoms with Gasteiger partial charge in [0.05, 0.1) is 12.2 Å². The topological polar surface area (TPSA) is 65.1 Å². The van der Waals surface area contributed by atoms with Crippen LogP contribution in [0.1, 0.15) is 45.7 Å². The molecule has 108 valence electrons. The summed E-state index contributed by atoms with van der Waals surface area (Å²) in [6.07, 6.45) is 5.46. The molecule has 1 heterocycles. The molecule has 0 bridgehead atoms. The highest BCUT2D eigenvalue weighted by molar-refractivity contribution is 5.79. The second-order valence-corrected chi connectivity index (χ2v) is 5.38. The number of aliphatic imine (C=N–C) groups is 1. The second-order valence-electron chi connectivity index (χ2n) is 5.38. The predicted molar refractivity (Wildman–Crippen MR) is 80.1 cm³/mol. The summed E-state index contributed by atoms with van der Waals surface area (Å²) in [5, 5.41) is 13.5. The quantitative estimate of drug-likeness (QED) is 0.523. The van der Waals surface area contributed by atoms with E-state index in [1.807, 2.05) is 6.07 Å². The van der Waals surface area contributed by atoms with E-state index in [4.69, 9.17) is 0 Å². The van der Waals surface area contributed by atoms with Crippen LogP contribution in [0.15, 0.2) is 17.3 Å². The van der Waals surface area contributed by atoms with Gasteiger partial charge in [0.25, 0.3) is 0 Å². The average Bonchev–Trinajstić information content (AvgIpc) is 2.87. The van der Waals surface area contributed by atoms with Crippen molar-refractivity contribution in [2.75, 3.05) is 7.05 Å². The molecule has 0 spiro atoms. The third-order valence-electron chi connectivity index (χ3n) is 3.03. The minimum Gasteiger partial charge on any atom is -0.354 e. The molecule has 0 saturated carbocycles. The second kappa shape index (κ2) is 8.56. The van der Waals surface area contributed by atoms with Crippen LogP contribution in [0, 0.1) is 5.92 Å². The van der Waals surface area contributed by atoms with Crippen molar-refractivity contribution in [3.63, 3.8) is 0 Å². The van der Waals surface area contributed by atoms with Crippen molar-refractivity contribution in [2.24, 2.45) is 10.9 Å². The average molecular weight is 265 g/mol. The van der Waals surface area contributed by atoms with Crippen molar-refractivity contribution < 1.29 is 0 Å². The first kappa shape index (κ1) is 15.5. The van der Waals surface area contributed by atoms with Crippen LogP contribution in [-0.2, 0) is 6.54 Å². The Morgan fingerprint density at radius 3 is 2.74 bits per heavy atom. The van der Waals surface area contributed by atoms with E-state index < -0.39 is 0 Å². The lowest BCUT2D eigenvalue weighted by Gasteiger charge is -2.18. The highest BCUT2D eigenvalue weighted by atomic mass is 15.2. The Kier molecular flexibility index (Phi) is 7.00. The number of nitrogens with one attached hydrogen (secondary N) is 3. The molecule has 1 rings (SSSR count). The zero-order valence-corrected chi connectivity index (χ0v) is 12.5. The third-order valence-corrected chi connectivity index (χ3v) is 3.03. The number of hydrogen-bond donors (Lipinski definition) is 3. The number of rotatable bonds is 7. The van der Waals surface area contributed by atoms with Crippen molar-refractivity contribution in [1.29, 1.82) is 0 Å². The van der Waals surface area contributed by atoms with Crippen LogP contribution in [0.3, 0.4) is 0 Å². The van der Waals surface area contributed by atoms with Crippen molar-refractivity contribution in [3.8, 4) is 0 Å². The summed E-state index contributed by atoms with van der Waals surface area (Å²) in [7, 11) is 1.79. The van der Waals surface area contributed by atoms with Gasteiger partial charge >= 0.3 is 0 Å². The molecule has 1 aromatic heterocycles. The van der Waals surface area contributed by atoms with Crippen LogP contribution < -0.4 is 10.6 Å². The van der Waals surface area contributed by atoms with Gasteiger partial charge < -0.3 is 10.6 Å². The summed E-state index contributed by atoms with van der Waals surface area (Å²) in [6, 6.07) is 2.39. The summed E-state index contributed by atoms with van der Waals surface area (Å²) in [4.78, 5) is 4.23. The molecule has 0 aliphatic rings. The molecule has 3 N–H and O–H groups in total. The molecule has 1 unspecified atom stereocenters. The molecule has 0 aliphatic heterocycles. The fourth-order valence-electron chi connectivity index (χ4n) is 1.89. The third kappa shape index (κ3) is 6.84. The monoisotopic (exact) mass is 265 g/mol. The summed E-state index contributed by atoms with van der Waals surface area (Å²) in [5.41, 5.74) is 1.05.